The van der Waals surface area contributed by atoms with E-state index in [9.17, 15) is 4.79 Å². The molecule has 1 atom stereocenters. The number of hydrogen-bond acceptors (Lipinski definition) is 3. The zero-order valence-corrected chi connectivity index (χ0v) is 9.79. The summed E-state index contributed by atoms with van der Waals surface area (Å²) < 4.78 is 0. The predicted molar refractivity (Wildman–Crippen MR) is 67.1 cm³/mol. The second kappa shape index (κ2) is 5.39. The van der Waals surface area contributed by atoms with Gasteiger partial charge in [0.05, 0.1) is 5.56 Å². The van der Waals surface area contributed by atoms with Gasteiger partial charge < -0.3 is 16.8 Å². The first-order valence-corrected chi connectivity index (χ1v) is 5.50. The molecule has 1 rings (SSSR count). The number of anilines is 2. The highest BCUT2D eigenvalue weighted by Gasteiger charge is 2.11. The summed E-state index contributed by atoms with van der Waals surface area (Å²) in [6, 6.07) is 5.09. The molecule has 1 aromatic carbocycles. The summed E-state index contributed by atoms with van der Waals surface area (Å²) >= 11 is 0. The Morgan fingerprint density at radius 3 is 2.69 bits per heavy atom. The van der Waals surface area contributed by atoms with Gasteiger partial charge in [-0.25, -0.2) is 0 Å². The quantitative estimate of drug-likeness (QED) is 0.678. The third kappa shape index (κ3) is 3.15. The van der Waals surface area contributed by atoms with E-state index < -0.39 is 0 Å². The van der Waals surface area contributed by atoms with Crippen molar-refractivity contribution in [1.82, 2.24) is 5.32 Å². The lowest BCUT2D eigenvalue weighted by atomic mass is 10.1. The molecule has 1 unspecified atom stereocenters. The van der Waals surface area contributed by atoms with Crippen LogP contribution in [0.2, 0.25) is 0 Å². The minimum absolute atomic E-state index is 0.140. The van der Waals surface area contributed by atoms with Crippen LogP contribution in [0.25, 0.3) is 0 Å². The maximum atomic E-state index is 11.8. The van der Waals surface area contributed by atoms with Crippen LogP contribution in [0.5, 0.6) is 0 Å². The van der Waals surface area contributed by atoms with E-state index in [0.717, 1.165) is 12.8 Å². The summed E-state index contributed by atoms with van der Waals surface area (Å²) in [6.07, 6.45) is 2.00. The van der Waals surface area contributed by atoms with E-state index in [0.29, 0.717) is 16.9 Å². The number of carbonyl (C=O) groups excluding carboxylic acids is 1. The second-order valence-electron chi connectivity index (χ2n) is 4.01. The van der Waals surface area contributed by atoms with E-state index in [1.54, 1.807) is 18.2 Å². The molecule has 0 spiro atoms. The summed E-state index contributed by atoms with van der Waals surface area (Å²) in [5.41, 5.74) is 12.8. The average molecular weight is 221 g/mol. The van der Waals surface area contributed by atoms with Gasteiger partial charge in [-0.2, -0.15) is 0 Å². The number of nitrogens with two attached hydrogens (primary N) is 2. The highest BCUT2D eigenvalue weighted by atomic mass is 16.1. The molecular formula is C12H19N3O. The summed E-state index contributed by atoms with van der Waals surface area (Å²) in [4.78, 5) is 11.8. The van der Waals surface area contributed by atoms with Gasteiger partial charge >= 0.3 is 0 Å². The van der Waals surface area contributed by atoms with Crippen LogP contribution in [-0.4, -0.2) is 11.9 Å². The fraction of sp³-hybridized carbons (Fsp3) is 0.417. The minimum Gasteiger partial charge on any atom is -0.399 e. The van der Waals surface area contributed by atoms with Gasteiger partial charge in [0.1, 0.15) is 0 Å². The second-order valence-corrected chi connectivity index (χ2v) is 4.01. The van der Waals surface area contributed by atoms with Crippen molar-refractivity contribution in [2.45, 2.75) is 32.7 Å². The first-order chi connectivity index (χ1) is 7.54. The zero-order valence-electron chi connectivity index (χ0n) is 9.79. The molecule has 1 amide bonds. The van der Waals surface area contributed by atoms with E-state index in [1.165, 1.54) is 0 Å². The van der Waals surface area contributed by atoms with E-state index in [2.05, 4.69) is 12.2 Å². The van der Waals surface area contributed by atoms with Crippen LogP contribution in [0, 0.1) is 0 Å². The standard InChI is InChI=1S/C12H19N3O/c1-3-4-8(2)15-12(16)10-6-5-9(13)7-11(10)14/h5-8H,3-4,13-14H2,1-2H3,(H,15,16). The Morgan fingerprint density at radius 1 is 1.44 bits per heavy atom. The Bertz CT molecular complexity index is 377. The molecule has 88 valence electrons. The van der Waals surface area contributed by atoms with Crippen molar-refractivity contribution < 1.29 is 4.79 Å². The largest absolute Gasteiger partial charge is 0.399 e. The molecule has 1 aromatic rings. The Kier molecular flexibility index (Phi) is 4.17. The number of nitrogens with one attached hydrogen (secondary N) is 1. The number of benzene rings is 1. The van der Waals surface area contributed by atoms with Crippen LogP contribution in [-0.2, 0) is 0 Å². The summed E-state index contributed by atoms with van der Waals surface area (Å²) in [7, 11) is 0. The van der Waals surface area contributed by atoms with Gasteiger partial charge in [0.25, 0.3) is 5.91 Å². The predicted octanol–water partition coefficient (Wildman–Crippen LogP) is 1.77. The molecule has 4 nitrogen and oxygen atoms in total. The van der Waals surface area contributed by atoms with Gasteiger partial charge in [-0.3, -0.25) is 4.79 Å². The van der Waals surface area contributed by atoms with Gasteiger partial charge in [-0.1, -0.05) is 13.3 Å². The number of rotatable bonds is 4. The average Bonchev–Trinajstić information content (AvgIpc) is 2.17. The molecule has 0 aliphatic carbocycles. The molecule has 0 aromatic heterocycles. The van der Waals surface area contributed by atoms with Crippen molar-refractivity contribution in [1.29, 1.82) is 0 Å². The summed E-state index contributed by atoms with van der Waals surface area (Å²) in [5.74, 6) is -0.140. The molecule has 0 heterocycles. The highest BCUT2D eigenvalue weighted by Crippen LogP contribution is 2.15. The smallest absolute Gasteiger partial charge is 0.253 e. The minimum atomic E-state index is -0.140. The van der Waals surface area contributed by atoms with Crippen LogP contribution in [0.1, 0.15) is 37.0 Å². The van der Waals surface area contributed by atoms with Crippen molar-refractivity contribution in [2.75, 3.05) is 11.5 Å². The maximum Gasteiger partial charge on any atom is 0.253 e. The van der Waals surface area contributed by atoms with E-state index in [4.69, 9.17) is 11.5 Å². The lowest BCUT2D eigenvalue weighted by Crippen LogP contribution is -2.32. The number of amides is 1. The molecule has 0 bridgehead atoms. The van der Waals surface area contributed by atoms with Crippen molar-refractivity contribution in [3.8, 4) is 0 Å². The van der Waals surface area contributed by atoms with Crippen molar-refractivity contribution in [3.05, 3.63) is 23.8 Å². The van der Waals surface area contributed by atoms with Gasteiger partial charge in [-0.15, -0.1) is 0 Å². The van der Waals surface area contributed by atoms with Crippen molar-refractivity contribution in [2.24, 2.45) is 0 Å². The van der Waals surface area contributed by atoms with Gasteiger partial charge in [-0.05, 0) is 31.5 Å². The van der Waals surface area contributed by atoms with Gasteiger partial charge in [0.2, 0.25) is 0 Å². The molecule has 5 N–H and O–H groups in total. The fourth-order valence-electron chi connectivity index (χ4n) is 1.59. The molecular weight excluding hydrogens is 202 g/mol. The SMILES string of the molecule is CCCC(C)NC(=O)c1ccc(N)cc1N. The first kappa shape index (κ1) is 12.4. The topological polar surface area (TPSA) is 81.1 Å². The number of carbonyl (C=O) groups is 1. The van der Waals surface area contributed by atoms with Crippen LogP contribution in [0.15, 0.2) is 18.2 Å². The third-order valence-corrected chi connectivity index (χ3v) is 2.42. The van der Waals surface area contributed by atoms with Crippen LogP contribution in [0.3, 0.4) is 0 Å². The Balaban J connectivity index is 2.73. The van der Waals surface area contributed by atoms with E-state index in [1.807, 2.05) is 6.92 Å². The lowest BCUT2D eigenvalue weighted by molar-refractivity contribution is 0.0939. The summed E-state index contributed by atoms with van der Waals surface area (Å²) in [6.45, 7) is 4.06. The third-order valence-electron chi connectivity index (χ3n) is 2.42. The van der Waals surface area contributed by atoms with Gasteiger partial charge in [0.15, 0.2) is 0 Å². The van der Waals surface area contributed by atoms with Crippen molar-refractivity contribution in [3.63, 3.8) is 0 Å². The van der Waals surface area contributed by atoms with Crippen LogP contribution < -0.4 is 16.8 Å². The van der Waals surface area contributed by atoms with E-state index >= 15 is 0 Å². The molecule has 0 saturated heterocycles. The zero-order chi connectivity index (χ0) is 12.1. The van der Waals surface area contributed by atoms with E-state index in [-0.39, 0.29) is 11.9 Å². The molecule has 16 heavy (non-hydrogen) atoms. The Labute approximate surface area is 96.0 Å². The molecule has 0 aliphatic heterocycles. The monoisotopic (exact) mass is 221 g/mol. The lowest BCUT2D eigenvalue weighted by Gasteiger charge is -2.13. The molecule has 0 aliphatic rings. The molecule has 0 saturated carbocycles. The number of nitrogen functional groups attached to an aromatic ring is 2. The van der Waals surface area contributed by atoms with Crippen LogP contribution in [0.4, 0.5) is 11.4 Å². The number of hydrogen-bond donors (Lipinski definition) is 3. The Morgan fingerprint density at radius 2 is 2.12 bits per heavy atom. The molecule has 0 radical (unpaired) electrons. The highest BCUT2D eigenvalue weighted by molar-refractivity contribution is 5.99. The fourth-order valence-corrected chi connectivity index (χ4v) is 1.59. The Hall–Kier alpha value is -1.71. The summed E-state index contributed by atoms with van der Waals surface area (Å²) in [5, 5.41) is 2.90. The van der Waals surface area contributed by atoms with Gasteiger partial charge in [0, 0.05) is 17.4 Å². The van der Waals surface area contributed by atoms with Crippen LogP contribution >= 0.6 is 0 Å². The van der Waals surface area contributed by atoms with Crippen molar-refractivity contribution >= 4 is 17.3 Å². The maximum absolute atomic E-state index is 11.8. The molecule has 4 heteroatoms. The molecule has 0 fully saturated rings. The normalized spacial score (nSPS) is 12.1. The first-order valence-electron chi connectivity index (χ1n) is 5.50.